The number of halogens is 1. The van der Waals surface area contributed by atoms with Gasteiger partial charge in [-0.25, -0.2) is 4.90 Å². The number of methoxy groups -OCH3 is 1. The van der Waals surface area contributed by atoms with Crippen LogP contribution in [0, 0.1) is 11.8 Å². The first-order chi connectivity index (χ1) is 14.5. The highest BCUT2D eigenvalue weighted by Gasteiger charge is 2.64. The molecule has 30 heavy (non-hydrogen) atoms. The van der Waals surface area contributed by atoms with E-state index in [1.54, 1.807) is 55.6 Å². The molecule has 5 rings (SSSR count). The molecule has 6 nitrogen and oxygen atoms in total. The fraction of sp³-hybridized carbons (Fsp3) is 0.348. The summed E-state index contributed by atoms with van der Waals surface area (Å²) in [5, 5.41) is 0.535. The SMILES string of the molecule is COc1ccc(C(=O)[C@@H]2[C@@H]3C(=O)N(c4ccc(Cl)cc4)C(=O)[C@H]3[C@H]3CCCN32)cc1. The zero-order valence-corrected chi connectivity index (χ0v) is 17.2. The van der Waals surface area contributed by atoms with Crippen molar-refractivity contribution in [1.82, 2.24) is 4.90 Å². The van der Waals surface area contributed by atoms with Crippen LogP contribution in [0.25, 0.3) is 0 Å². The first kappa shape index (κ1) is 19.3. The van der Waals surface area contributed by atoms with Crippen molar-refractivity contribution in [1.29, 1.82) is 0 Å². The summed E-state index contributed by atoms with van der Waals surface area (Å²) in [6, 6.07) is 12.9. The zero-order chi connectivity index (χ0) is 21.0. The summed E-state index contributed by atoms with van der Waals surface area (Å²) in [7, 11) is 1.57. The molecule has 154 valence electrons. The Labute approximate surface area is 179 Å². The van der Waals surface area contributed by atoms with E-state index in [0.29, 0.717) is 22.0 Å². The van der Waals surface area contributed by atoms with Gasteiger partial charge in [-0.1, -0.05) is 11.6 Å². The van der Waals surface area contributed by atoms with Crippen molar-refractivity contribution in [3.05, 3.63) is 59.1 Å². The molecule has 3 saturated heterocycles. The normalized spacial score (nSPS) is 28.0. The Morgan fingerprint density at radius 3 is 2.33 bits per heavy atom. The molecular weight excluding hydrogens is 404 g/mol. The lowest BCUT2D eigenvalue weighted by Gasteiger charge is -2.27. The van der Waals surface area contributed by atoms with Crippen LogP contribution in [0.4, 0.5) is 5.69 Å². The lowest BCUT2D eigenvalue weighted by Crippen LogP contribution is -2.46. The number of imide groups is 1. The number of amides is 2. The molecule has 2 aromatic rings. The van der Waals surface area contributed by atoms with Crippen molar-refractivity contribution < 1.29 is 19.1 Å². The highest BCUT2D eigenvalue weighted by atomic mass is 35.5. The van der Waals surface area contributed by atoms with Crippen LogP contribution >= 0.6 is 11.6 Å². The third kappa shape index (κ3) is 2.78. The van der Waals surface area contributed by atoms with E-state index >= 15 is 0 Å². The maximum Gasteiger partial charge on any atom is 0.239 e. The molecule has 0 unspecified atom stereocenters. The molecule has 3 aliphatic rings. The van der Waals surface area contributed by atoms with Crippen molar-refractivity contribution in [3.63, 3.8) is 0 Å². The predicted octanol–water partition coefficient (Wildman–Crippen LogP) is 3.18. The summed E-state index contributed by atoms with van der Waals surface area (Å²) in [6.45, 7) is 0.728. The Morgan fingerprint density at radius 2 is 1.67 bits per heavy atom. The number of carbonyl (C=O) groups excluding carboxylic acids is 3. The van der Waals surface area contributed by atoms with Gasteiger partial charge in [0.25, 0.3) is 0 Å². The molecule has 3 aliphatic heterocycles. The molecule has 0 bridgehead atoms. The quantitative estimate of drug-likeness (QED) is 0.557. The maximum absolute atomic E-state index is 13.5. The topological polar surface area (TPSA) is 66.9 Å². The number of hydrogen-bond donors (Lipinski definition) is 0. The van der Waals surface area contributed by atoms with Gasteiger partial charge in [0.2, 0.25) is 11.8 Å². The number of hydrogen-bond acceptors (Lipinski definition) is 5. The number of ketones is 1. The number of carbonyl (C=O) groups is 3. The van der Waals surface area contributed by atoms with Crippen molar-refractivity contribution in [3.8, 4) is 5.75 Å². The second-order valence-electron chi connectivity index (χ2n) is 8.02. The van der Waals surface area contributed by atoms with Gasteiger partial charge in [0.15, 0.2) is 5.78 Å². The van der Waals surface area contributed by atoms with Gasteiger partial charge >= 0.3 is 0 Å². The van der Waals surface area contributed by atoms with Crippen molar-refractivity contribution in [2.24, 2.45) is 11.8 Å². The smallest absolute Gasteiger partial charge is 0.239 e. The lowest BCUT2D eigenvalue weighted by molar-refractivity contribution is -0.123. The number of anilines is 1. The molecule has 2 amide bonds. The van der Waals surface area contributed by atoms with Crippen molar-refractivity contribution in [2.75, 3.05) is 18.6 Å². The molecule has 0 radical (unpaired) electrons. The number of nitrogens with zero attached hydrogens (tertiary/aromatic N) is 2. The van der Waals surface area contributed by atoms with Crippen LogP contribution in [0.3, 0.4) is 0 Å². The van der Waals surface area contributed by atoms with Gasteiger partial charge < -0.3 is 4.74 Å². The molecule has 7 heteroatoms. The fourth-order valence-electron chi connectivity index (χ4n) is 5.29. The van der Waals surface area contributed by atoms with Gasteiger partial charge in [0.1, 0.15) is 5.75 Å². The van der Waals surface area contributed by atoms with Crippen LogP contribution in [0.15, 0.2) is 48.5 Å². The Kier molecular flexibility index (Phi) is 4.64. The van der Waals surface area contributed by atoms with Crippen LogP contribution in [0.5, 0.6) is 5.75 Å². The average Bonchev–Trinajstić information content (AvgIpc) is 3.41. The van der Waals surface area contributed by atoms with Crippen LogP contribution < -0.4 is 9.64 Å². The summed E-state index contributed by atoms with van der Waals surface area (Å²) in [4.78, 5) is 43.6. The van der Waals surface area contributed by atoms with Crippen LogP contribution in [0.1, 0.15) is 23.2 Å². The molecule has 0 aliphatic carbocycles. The van der Waals surface area contributed by atoms with E-state index in [2.05, 4.69) is 4.90 Å². The summed E-state index contributed by atoms with van der Waals surface area (Å²) >= 11 is 5.97. The number of Topliss-reactive ketones (excluding diaryl/α,β-unsaturated/α-hetero) is 1. The van der Waals surface area contributed by atoms with E-state index in [9.17, 15) is 14.4 Å². The largest absolute Gasteiger partial charge is 0.497 e. The van der Waals surface area contributed by atoms with Crippen molar-refractivity contribution in [2.45, 2.75) is 24.9 Å². The van der Waals surface area contributed by atoms with Gasteiger partial charge in [0.05, 0.1) is 30.7 Å². The molecule has 0 aromatic heterocycles. The lowest BCUT2D eigenvalue weighted by atomic mass is 9.85. The number of ether oxygens (including phenoxy) is 1. The molecule has 0 N–H and O–H groups in total. The molecular formula is C23H21ClN2O4. The van der Waals surface area contributed by atoms with Gasteiger partial charge in [0, 0.05) is 16.6 Å². The van der Waals surface area contributed by atoms with Gasteiger partial charge in [-0.05, 0) is 67.9 Å². The number of rotatable bonds is 4. The van der Waals surface area contributed by atoms with Crippen molar-refractivity contribution >= 4 is 34.9 Å². The van der Waals surface area contributed by atoms with Crippen LogP contribution in [0.2, 0.25) is 5.02 Å². The van der Waals surface area contributed by atoms with E-state index in [4.69, 9.17) is 16.3 Å². The highest BCUT2D eigenvalue weighted by molar-refractivity contribution is 6.31. The van der Waals surface area contributed by atoms with E-state index in [1.165, 1.54) is 4.90 Å². The standard InChI is InChI=1S/C23H21ClN2O4/c1-30-16-10-4-13(5-11-16)21(27)20-19-18(17-3-2-12-25(17)20)22(28)26(23(19)29)15-8-6-14(24)7-9-15/h4-11,17-20H,2-3,12H2,1H3/t17-,18+,19-,20+/m1/s1. The van der Waals surface area contributed by atoms with E-state index in [0.717, 1.165) is 19.4 Å². The highest BCUT2D eigenvalue weighted by Crippen LogP contribution is 2.48. The minimum atomic E-state index is -0.659. The Balaban J connectivity index is 1.52. The maximum atomic E-state index is 13.5. The van der Waals surface area contributed by atoms with E-state index in [-0.39, 0.29) is 23.6 Å². The number of benzene rings is 2. The molecule has 3 fully saturated rings. The zero-order valence-electron chi connectivity index (χ0n) is 16.5. The Bertz CT molecular complexity index is 1020. The fourth-order valence-corrected chi connectivity index (χ4v) is 5.41. The third-order valence-corrected chi connectivity index (χ3v) is 6.83. The molecule has 3 heterocycles. The number of fused-ring (bicyclic) bond motifs is 3. The summed E-state index contributed by atoms with van der Waals surface area (Å²) in [5.74, 6) is -1.11. The first-order valence-electron chi connectivity index (χ1n) is 10.1. The third-order valence-electron chi connectivity index (χ3n) is 6.58. The Morgan fingerprint density at radius 1 is 1.00 bits per heavy atom. The predicted molar refractivity (Wildman–Crippen MR) is 112 cm³/mol. The van der Waals surface area contributed by atoms with Gasteiger partial charge in [-0.3, -0.25) is 19.3 Å². The van der Waals surface area contributed by atoms with Gasteiger partial charge in [-0.2, -0.15) is 0 Å². The average molecular weight is 425 g/mol. The van der Waals surface area contributed by atoms with Crippen LogP contribution in [-0.2, 0) is 9.59 Å². The molecule has 2 aromatic carbocycles. The first-order valence-corrected chi connectivity index (χ1v) is 10.5. The van der Waals surface area contributed by atoms with Gasteiger partial charge in [-0.15, -0.1) is 0 Å². The molecule has 4 atom stereocenters. The molecule has 0 spiro atoms. The summed E-state index contributed by atoms with van der Waals surface area (Å²) < 4.78 is 5.18. The Hall–Kier alpha value is -2.70. The summed E-state index contributed by atoms with van der Waals surface area (Å²) in [6.07, 6.45) is 1.74. The van der Waals surface area contributed by atoms with E-state index < -0.39 is 17.9 Å². The minimum absolute atomic E-state index is 0.0732. The minimum Gasteiger partial charge on any atom is -0.497 e. The molecule has 0 saturated carbocycles. The summed E-state index contributed by atoms with van der Waals surface area (Å²) in [5.41, 5.74) is 1.03. The van der Waals surface area contributed by atoms with E-state index in [1.807, 2.05) is 0 Å². The van der Waals surface area contributed by atoms with Crippen LogP contribution in [-0.4, -0.2) is 48.2 Å². The monoisotopic (exact) mass is 424 g/mol. The second-order valence-corrected chi connectivity index (χ2v) is 8.46. The second kappa shape index (κ2) is 7.22.